The molecule has 0 aromatic rings. The zero-order chi connectivity index (χ0) is 10.6. The van der Waals surface area contributed by atoms with E-state index in [0.29, 0.717) is 0 Å². The van der Waals surface area contributed by atoms with E-state index in [2.05, 4.69) is 19.9 Å². The number of nitriles is 2. The fourth-order valence-corrected chi connectivity index (χ4v) is 1.70. The van der Waals surface area contributed by atoms with Gasteiger partial charge in [0.2, 0.25) is 0 Å². The maximum atomic E-state index is 8.78. The molecule has 0 radical (unpaired) electrons. The minimum atomic E-state index is 0.192. The van der Waals surface area contributed by atoms with Crippen LogP contribution in [0.2, 0.25) is 0 Å². The van der Waals surface area contributed by atoms with E-state index in [1.165, 1.54) is 0 Å². The van der Waals surface area contributed by atoms with Crippen LogP contribution in [0.25, 0.3) is 0 Å². The zero-order valence-corrected chi connectivity index (χ0v) is 8.67. The van der Waals surface area contributed by atoms with Crippen LogP contribution >= 0.6 is 0 Å². The quantitative estimate of drug-likeness (QED) is 0.546. The highest BCUT2D eigenvalue weighted by Gasteiger charge is 2.21. The van der Waals surface area contributed by atoms with Gasteiger partial charge < -0.3 is 0 Å². The molecule has 0 fully saturated rings. The predicted molar refractivity (Wildman–Crippen MR) is 55.0 cm³/mol. The summed E-state index contributed by atoms with van der Waals surface area (Å²) in [7, 11) is 0. The van der Waals surface area contributed by atoms with Crippen LogP contribution < -0.4 is 0 Å². The molecule has 0 bridgehead atoms. The summed E-state index contributed by atoms with van der Waals surface area (Å²) in [6.45, 7) is 4.35. The van der Waals surface area contributed by atoms with E-state index >= 15 is 0 Å². The van der Waals surface area contributed by atoms with Gasteiger partial charge >= 0.3 is 0 Å². The second-order valence-corrected chi connectivity index (χ2v) is 4.41. The lowest BCUT2D eigenvalue weighted by molar-refractivity contribution is 0.341. The predicted octanol–water partition coefficient (Wildman–Crippen LogP) is 3.10. The Morgan fingerprint density at radius 2 is 2.00 bits per heavy atom. The SMILES string of the molecule is CC1(C)CCC=CC(=C(C#N)C#N)C1. The summed E-state index contributed by atoms with van der Waals surface area (Å²) in [4.78, 5) is 0. The molecule has 14 heavy (non-hydrogen) atoms. The van der Waals surface area contributed by atoms with E-state index in [4.69, 9.17) is 10.5 Å². The van der Waals surface area contributed by atoms with Crippen molar-refractivity contribution in [1.82, 2.24) is 0 Å². The first-order chi connectivity index (χ1) is 6.59. The van der Waals surface area contributed by atoms with E-state index in [1.807, 2.05) is 18.2 Å². The van der Waals surface area contributed by atoms with E-state index in [1.54, 1.807) is 0 Å². The molecule has 0 atom stereocenters. The first-order valence-corrected chi connectivity index (χ1v) is 4.79. The van der Waals surface area contributed by atoms with Crippen molar-refractivity contribution in [1.29, 1.82) is 10.5 Å². The Kier molecular flexibility index (Phi) is 3.10. The molecule has 0 N–H and O–H groups in total. The number of nitrogens with zero attached hydrogens (tertiary/aromatic N) is 2. The standard InChI is InChI=1S/C12H14N2/c1-12(2)6-4-3-5-10(7-12)11(8-13)9-14/h3,5H,4,6-7H2,1-2H3. The van der Waals surface area contributed by atoms with Gasteiger partial charge in [0, 0.05) is 0 Å². The van der Waals surface area contributed by atoms with Crippen molar-refractivity contribution in [2.45, 2.75) is 33.1 Å². The monoisotopic (exact) mass is 186 g/mol. The first-order valence-electron chi connectivity index (χ1n) is 4.79. The van der Waals surface area contributed by atoms with E-state index < -0.39 is 0 Å². The van der Waals surface area contributed by atoms with Gasteiger partial charge in [0.1, 0.15) is 17.7 Å². The van der Waals surface area contributed by atoms with Gasteiger partial charge in [0.25, 0.3) is 0 Å². The summed E-state index contributed by atoms with van der Waals surface area (Å²) in [5, 5.41) is 17.6. The van der Waals surface area contributed by atoms with Gasteiger partial charge in [-0.05, 0) is 30.3 Å². The topological polar surface area (TPSA) is 47.6 Å². The van der Waals surface area contributed by atoms with Crippen molar-refractivity contribution in [2.75, 3.05) is 0 Å². The summed E-state index contributed by atoms with van der Waals surface area (Å²) >= 11 is 0. The van der Waals surface area contributed by atoms with Gasteiger partial charge in [-0.15, -0.1) is 0 Å². The van der Waals surface area contributed by atoms with Gasteiger partial charge in [-0.25, -0.2) is 0 Å². The minimum Gasteiger partial charge on any atom is -0.192 e. The zero-order valence-electron chi connectivity index (χ0n) is 8.67. The van der Waals surface area contributed by atoms with E-state index in [-0.39, 0.29) is 11.0 Å². The van der Waals surface area contributed by atoms with Crippen LogP contribution in [-0.2, 0) is 0 Å². The number of allylic oxidation sites excluding steroid dienone is 4. The van der Waals surface area contributed by atoms with Crippen LogP contribution in [0.5, 0.6) is 0 Å². The van der Waals surface area contributed by atoms with Crippen LogP contribution in [0.3, 0.4) is 0 Å². The van der Waals surface area contributed by atoms with Gasteiger partial charge in [-0.3, -0.25) is 0 Å². The Hall–Kier alpha value is -1.54. The third-order valence-electron chi connectivity index (χ3n) is 2.52. The number of rotatable bonds is 0. The highest BCUT2D eigenvalue weighted by molar-refractivity contribution is 5.45. The van der Waals surface area contributed by atoms with Crippen molar-refractivity contribution in [3.05, 3.63) is 23.3 Å². The molecule has 0 heterocycles. The van der Waals surface area contributed by atoms with Gasteiger partial charge in [0.05, 0.1) is 0 Å². The normalized spacial score (nSPS) is 19.3. The van der Waals surface area contributed by atoms with Gasteiger partial charge in [0.15, 0.2) is 0 Å². The molecule has 0 aromatic heterocycles. The molecule has 1 rings (SSSR count). The highest BCUT2D eigenvalue weighted by atomic mass is 14.3. The Bertz CT molecular complexity index is 343. The summed E-state index contributed by atoms with van der Waals surface area (Å²) in [6.07, 6.45) is 6.94. The molecular formula is C12H14N2. The molecule has 1 aliphatic carbocycles. The maximum Gasteiger partial charge on any atom is 0.132 e. The molecule has 0 unspecified atom stereocenters. The summed E-state index contributed by atoms with van der Waals surface area (Å²) in [5.74, 6) is 0. The highest BCUT2D eigenvalue weighted by Crippen LogP contribution is 2.34. The van der Waals surface area contributed by atoms with Crippen LogP contribution in [0, 0.1) is 28.1 Å². The molecule has 1 aliphatic rings. The average molecular weight is 186 g/mol. The van der Waals surface area contributed by atoms with E-state index in [0.717, 1.165) is 24.8 Å². The van der Waals surface area contributed by atoms with Crippen molar-refractivity contribution in [3.8, 4) is 12.1 Å². The van der Waals surface area contributed by atoms with Crippen LogP contribution in [0.1, 0.15) is 33.1 Å². The maximum absolute atomic E-state index is 8.78. The number of hydrogen-bond acceptors (Lipinski definition) is 2. The number of hydrogen-bond donors (Lipinski definition) is 0. The summed E-state index contributed by atoms with van der Waals surface area (Å²) in [6, 6.07) is 3.91. The second-order valence-electron chi connectivity index (χ2n) is 4.41. The Balaban J connectivity index is 3.06. The minimum absolute atomic E-state index is 0.192. The van der Waals surface area contributed by atoms with Crippen LogP contribution in [0.4, 0.5) is 0 Å². The molecule has 0 aromatic carbocycles. The summed E-state index contributed by atoms with van der Waals surface area (Å²) < 4.78 is 0. The largest absolute Gasteiger partial charge is 0.192 e. The molecule has 0 spiro atoms. The molecule has 0 aliphatic heterocycles. The Morgan fingerprint density at radius 1 is 1.36 bits per heavy atom. The molecule has 2 heteroatoms. The third-order valence-corrected chi connectivity index (χ3v) is 2.52. The second kappa shape index (κ2) is 4.11. The van der Waals surface area contributed by atoms with Crippen molar-refractivity contribution >= 4 is 0 Å². The van der Waals surface area contributed by atoms with Gasteiger partial charge in [-0.1, -0.05) is 26.0 Å². The molecule has 0 amide bonds. The molecule has 0 saturated heterocycles. The van der Waals surface area contributed by atoms with Crippen molar-refractivity contribution in [2.24, 2.45) is 5.41 Å². The fraction of sp³-hybridized carbons (Fsp3) is 0.500. The fourth-order valence-electron chi connectivity index (χ4n) is 1.70. The third kappa shape index (κ3) is 2.47. The Labute approximate surface area is 85.2 Å². The first kappa shape index (κ1) is 10.5. The van der Waals surface area contributed by atoms with Gasteiger partial charge in [-0.2, -0.15) is 10.5 Å². The van der Waals surface area contributed by atoms with Crippen molar-refractivity contribution < 1.29 is 0 Å². The molecular weight excluding hydrogens is 172 g/mol. The molecule has 0 saturated carbocycles. The van der Waals surface area contributed by atoms with Crippen LogP contribution in [-0.4, -0.2) is 0 Å². The average Bonchev–Trinajstić information content (AvgIpc) is 2.29. The van der Waals surface area contributed by atoms with Crippen molar-refractivity contribution in [3.63, 3.8) is 0 Å². The molecule has 72 valence electrons. The summed E-state index contributed by atoms with van der Waals surface area (Å²) in [5.41, 5.74) is 1.34. The van der Waals surface area contributed by atoms with Crippen LogP contribution in [0.15, 0.2) is 23.3 Å². The van der Waals surface area contributed by atoms with E-state index in [9.17, 15) is 0 Å². The lowest BCUT2D eigenvalue weighted by atomic mass is 9.82. The smallest absolute Gasteiger partial charge is 0.132 e. The molecule has 2 nitrogen and oxygen atoms in total. The lowest BCUT2D eigenvalue weighted by Gasteiger charge is -2.22. The Morgan fingerprint density at radius 3 is 2.57 bits per heavy atom. The lowest BCUT2D eigenvalue weighted by Crippen LogP contribution is -2.10.